The summed E-state index contributed by atoms with van der Waals surface area (Å²) in [5, 5.41) is 18.3. The maximum absolute atomic E-state index is 12.0. The Labute approximate surface area is 171 Å². The van der Waals surface area contributed by atoms with Gasteiger partial charge >= 0.3 is 0 Å². The van der Waals surface area contributed by atoms with Gasteiger partial charge in [-0.2, -0.15) is 0 Å². The smallest absolute Gasteiger partial charge is 0.238 e. The predicted octanol–water partition coefficient (Wildman–Crippen LogP) is 2.15. The Kier molecular flexibility index (Phi) is 6.86. The van der Waals surface area contributed by atoms with Crippen LogP contribution in [0.3, 0.4) is 0 Å². The fourth-order valence-corrected chi connectivity index (χ4v) is 3.96. The molecule has 0 saturated carbocycles. The monoisotopic (exact) mass is 416 g/mol. The van der Waals surface area contributed by atoms with Gasteiger partial charge < -0.3 is 10.2 Å². The highest BCUT2D eigenvalue weighted by atomic mass is 32.2. The number of aromatic amines is 2. The minimum Gasteiger partial charge on any atom is -0.313 e. The first kappa shape index (κ1) is 21.3. The molecular weight excluding hydrogens is 388 g/mol. The SMILES string of the molecule is CN(C)CCCCNCc1ccc(-c2cccc(S(N)(=O)=O)c2-c2n[nH][nH]2)cc1. The lowest BCUT2D eigenvalue weighted by Crippen LogP contribution is -2.18. The van der Waals surface area contributed by atoms with Crippen molar-refractivity contribution in [2.24, 2.45) is 5.14 Å². The van der Waals surface area contributed by atoms with Gasteiger partial charge in [-0.1, -0.05) is 36.4 Å². The number of benzene rings is 2. The van der Waals surface area contributed by atoms with E-state index in [0.29, 0.717) is 11.4 Å². The summed E-state index contributed by atoms with van der Waals surface area (Å²) in [4.78, 5) is 2.24. The number of rotatable bonds is 10. The molecule has 0 aliphatic heterocycles. The fourth-order valence-electron chi connectivity index (χ4n) is 3.20. The van der Waals surface area contributed by atoms with Crippen LogP contribution in [-0.2, 0) is 16.6 Å². The summed E-state index contributed by atoms with van der Waals surface area (Å²) >= 11 is 0. The zero-order valence-corrected chi connectivity index (χ0v) is 17.6. The quantitative estimate of drug-likeness (QED) is 0.378. The number of primary sulfonamides is 1. The van der Waals surface area contributed by atoms with Crippen molar-refractivity contribution < 1.29 is 8.42 Å². The first-order chi connectivity index (χ1) is 13.9. The lowest BCUT2D eigenvalue weighted by atomic mass is 9.98. The van der Waals surface area contributed by atoms with E-state index in [1.54, 1.807) is 6.07 Å². The zero-order chi connectivity index (χ0) is 20.9. The standard InChI is InChI=1S/C20H28N6O2S/c1-26(2)13-4-3-12-22-14-15-8-10-16(11-9-15)17-6-5-7-18(29(21,27)28)19(17)20-23-25-24-20/h5-11,22,25H,3-4,12-14H2,1-2H3,(H,23,24)(H2,21,27,28). The Morgan fingerprint density at radius 2 is 1.83 bits per heavy atom. The van der Waals surface area contributed by atoms with E-state index < -0.39 is 10.0 Å². The van der Waals surface area contributed by atoms with Crippen LogP contribution in [0.25, 0.3) is 22.5 Å². The molecular formula is C20H28N6O2S. The van der Waals surface area contributed by atoms with E-state index in [-0.39, 0.29) is 4.90 Å². The summed E-state index contributed by atoms with van der Waals surface area (Å²) in [6, 6.07) is 13.1. The summed E-state index contributed by atoms with van der Waals surface area (Å²) < 4.78 is 24.1. The van der Waals surface area contributed by atoms with E-state index in [1.807, 2.05) is 30.3 Å². The molecule has 29 heavy (non-hydrogen) atoms. The molecule has 8 nitrogen and oxygen atoms in total. The number of hydrogen-bond acceptors (Lipinski definition) is 5. The topological polar surface area (TPSA) is 120 Å². The number of hydrogen-bond donors (Lipinski definition) is 4. The number of nitrogens with two attached hydrogens (primary N) is 1. The molecule has 0 fully saturated rings. The van der Waals surface area contributed by atoms with E-state index in [1.165, 1.54) is 18.1 Å². The second-order valence-corrected chi connectivity index (χ2v) is 8.83. The molecule has 0 bridgehead atoms. The van der Waals surface area contributed by atoms with Crippen LogP contribution in [0.2, 0.25) is 0 Å². The molecule has 0 atom stereocenters. The Bertz CT molecular complexity index is 1010. The van der Waals surface area contributed by atoms with Gasteiger partial charge in [0.05, 0.1) is 4.90 Å². The van der Waals surface area contributed by atoms with Crippen molar-refractivity contribution in [3.05, 3.63) is 48.0 Å². The van der Waals surface area contributed by atoms with Crippen molar-refractivity contribution in [3.8, 4) is 22.5 Å². The molecule has 1 aromatic heterocycles. The molecule has 0 amide bonds. The predicted molar refractivity (Wildman–Crippen MR) is 115 cm³/mol. The summed E-state index contributed by atoms with van der Waals surface area (Å²) in [7, 11) is 0.293. The van der Waals surface area contributed by atoms with Gasteiger partial charge in [-0.3, -0.25) is 5.10 Å². The van der Waals surface area contributed by atoms with Crippen LogP contribution >= 0.6 is 0 Å². The molecule has 0 saturated heterocycles. The Morgan fingerprint density at radius 3 is 2.41 bits per heavy atom. The van der Waals surface area contributed by atoms with Gasteiger partial charge in [0.15, 0.2) is 5.82 Å². The Balaban J connectivity index is 1.73. The zero-order valence-electron chi connectivity index (χ0n) is 16.8. The summed E-state index contributed by atoms with van der Waals surface area (Å²) in [6.45, 7) is 2.88. The van der Waals surface area contributed by atoms with Crippen LogP contribution < -0.4 is 10.5 Å². The summed E-state index contributed by atoms with van der Waals surface area (Å²) in [5.41, 5.74) is 3.30. The molecule has 3 rings (SSSR count). The minimum atomic E-state index is -3.88. The minimum absolute atomic E-state index is 0.0474. The van der Waals surface area contributed by atoms with Gasteiger partial charge in [0.1, 0.15) is 0 Å². The summed E-state index contributed by atoms with van der Waals surface area (Å²) in [6.07, 6.45) is 2.32. The molecule has 9 heteroatoms. The van der Waals surface area contributed by atoms with E-state index in [4.69, 9.17) is 5.14 Å². The average Bonchev–Trinajstić information content (AvgIpc) is 2.63. The average molecular weight is 417 g/mol. The van der Waals surface area contributed by atoms with E-state index in [9.17, 15) is 8.42 Å². The van der Waals surface area contributed by atoms with Crippen LogP contribution in [0.15, 0.2) is 47.4 Å². The van der Waals surface area contributed by atoms with Gasteiger partial charge in [0.25, 0.3) is 0 Å². The molecule has 0 spiro atoms. The van der Waals surface area contributed by atoms with Crippen molar-refractivity contribution in [2.75, 3.05) is 27.2 Å². The maximum Gasteiger partial charge on any atom is 0.238 e. The van der Waals surface area contributed by atoms with E-state index in [0.717, 1.165) is 37.2 Å². The number of nitrogens with zero attached hydrogens (tertiary/aromatic N) is 2. The number of sulfonamides is 1. The molecule has 2 aromatic carbocycles. The first-order valence-corrected chi connectivity index (χ1v) is 11.1. The number of nitrogens with one attached hydrogen (secondary N) is 3. The molecule has 1 heterocycles. The Hall–Kier alpha value is -2.46. The molecule has 0 aliphatic carbocycles. The van der Waals surface area contributed by atoms with Crippen molar-refractivity contribution in [3.63, 3.8) is 0 Å². The first-order valence-electron chi connectivity index (χ1n) is 9.56. The van der Waals surface area contributed by atoms with Crippen LogP contribution in [0, 0.1) is 0 Å². The number of unbranched alkanes of at least 4 members (excludes halogenated alkanes) is 1. The van der Waals surface area contributed by atoms with Gasteiger partial charge in [0.2, 0.25) is 10.0 Å². The second-order valence-electron chi connectivity index (χ2n) is 7.31. The van der Waals surface area contributed by atoms with Gasteiger partial charge in [-0.05, 0) is 62.8 Å². The third-order valence-corrected chi connectivity index (χ3v) is 5.67. The molecule has 0 radical (unpaired) electrons. The van der Waals surface area contributed by atoms with Crippen molar-refractivity contribution >= 4 is 10.0 Å². The molecule has 0 aliphatic rings. The lowest BCUT2D eigenvalue weighted by molar-refractivity contribution is 0.391. The van der Waals surface area contributed by atoms with Crippen molar-refractivity contribution in [1.82, 2.24) is 25.6 Å². The molecule has 0 unspecified atom stereocenters. The molecule has 5 N–H and O–H groups in total. The van der Waals surface area contributed by atoms with Crippen molar-refractivity contribution in [1.29, 1.82) is 0 Å². The summed E-state index contributed by atoms with van der Waals surface area (Å²) in [5.74, 6) is 0.452. The van der Waals surface area contributed by atoms with Crippen LogP contribution in [0.1, 0.15) is 18.4 Å². The normalized spacial score (nSPS) is 12.0. The van der Waals surface area contributed by atoms with Crippen LogP contribution in [0.5, 0.6) is 0 Å². The molecule has 3 aromatic rings. The fraction of sp³-hybridized carbons (Fsp3) is 0.350. The largest absolute Gasteiger partial charge is 0.313 e. The highest BCUT2D eigenvalue weighted by Gasteiger charge is 2.21. The second kappa shape index (κ2) is 9.36. The third-order valence-electron chi connectivity index (χ3n) is 4.71. The van der Waals surface area contributed by atoms with E-state index >= 15 is 0 Å². The third kappa shape index (κ3) is 5.54. The van der Waals surface area contributed by atoms with E-state index in [2.05, 4.69) is 39.7 Å². The highest BCUT2D eigenvalue weighted by molar-refractivity contribution is 7.89. The van der Waals surface area contributed by atoms with Crippen LogP contribution in [-0.4, -0.2) is 55.9 Å². The van der Waals surface area contributed by atoms with Gasteiger partial charge in [-0.15, -0.1) is 5.10 Å². The van der Waals surface area contributed by atoms with Crippen LogP contribution in [0.4, 0.5) is 0 Å². The van der Waals surface area contributed by atoms with Gasteiger partial charge in [-0.25, -0.2) is 18.8 Å². The number of aromatic nitrogens is 3. The van der Waals surface area contributed by atoms with Gasteiger partial charge in [0, 0.05) is 12.1 Å². The number of H-pyrrole nitrogens is 2. The molecule has 156 valence electrons. The van der Waals surface area contributed by atoms with Crippen molar-refractivity contribution in [2.45, 2.75) is 24.3 Å². The highest BCUT2D eigenvalue weighted by Crippen LogP contribution is 2.35. The lowest BCUT2D eigenvalue weighted by Gasteiger charge is -2.15. The Morgan fingerprint density at radius 1 is 1.10 bits per heavy atom. The maximum atomic E-state index is 12.0.